The number of carbonyl (C=O) groups excluding carboxylic acids is 1. The van der Waals surface area contributed by atoms with Gasteiger partial charge >= 0.3 is 6.03 Å². The molecule has 0 aromatic rings. The Bertz CT molecular complexity index is 198. The van der Waals surface area contributed by atoms with Crippen molar-refractivity contribution in [3.8, 4) is 0 Å². The maximum atomic E-state index is 11.7. The maximum absolute atomic E-state index is 11.7. The minimum Gasteiger partial charge on any atom is -0.338 e. The topological polar surface area (TPSA) is 32.3 Å². The normalized spacial score (nSPS) is 16.6. The molecule has 1 aliphatic heterocycles. The lowest BCUT2D eigenvalue weighted by Crippen LogP contribution is -2.43. The van der Waals surface area contributed by atoms with E-state index in [1.54, 1.807) is 0 Å². The zero-order valence-corrected chi connectivity index (χ0v) is 10.8. The first-order valence-corrected chi connectivity index (χ1v) is 6.73. The van der Waals surface area contributed by atoms with Crippen LogP contribution in [0.3, 0.4) is 0 Å². The van der Waals surface area contributed by atoms with Gasteiger partial charge in [0, 0.05) is 19.6 Å². The van der Waals surface area contributed by atoms with Crippen LogP contribution >= 0.6 is 0 Å². The van der Waals surface area contributed by atoms with Crippen molar-refractivity contribution in [2.24, 2.45) is 5.92 Å². The minimum atomic E-state index is 0.143. The SMILES string of the molecule is CC(C)CCCCNC(=O)N1CCCCC1. The van der Waals surface area contributed by atoms with E-state index in [9.17, 15) is 4.79 Å². The van der Waals surface area contributed by atoms with Gasteiger partial charge in [0.05, 0.1) is 0 Å². The Morgan fingerprint density at radius 1 is 1.19 bits per heavy atom. The Balaban J connectivity index is 2.01. The maximum Gasteiger partial charge on any atom is 0.317 e. The van der Waals surface area contributed by atoms with E-state index in [0.717, 1.165) is 32.0 Å². The first kappa shape index (κ1) is 13.3. The number of rotatable bonds is 5. The van der Waals surface area contributed by atoms with Crippen molar-refractivity contribution < 1.29 is 4.79 Å². The van der Waals surface area contributed by atoms with Crippen LogP contribution in [0.1, 0.15) is 52.4 Å². The summed E-state index contributed by atoms with van der Waals surface area (Å²) < 4.78 is 0. The van der Waals surface area contributed by atoms with Gasteiger partial charge < -0.3 is 10.2 Å². The van der Waals surface area contributed by atoms with Crippen molar-refractivity contribution in [3.05, 3.63) is 0 Å². The average Bonchev–Trinajstić information content (AvgIpc) is 2.29. The molecule has 0 radical (unpaired) electrons. The van der Waals surface area contributed by atoms with Crippen LogP contribution in [0.25, 0.3) is 0 Å². The van der Waals surface area contributed by atoms with Crippen LogP contribution in [0, 0.1) is 5.92 Å². The second kappa shape index (κ2) is 7.53. The summed E-state index contributed by atoms with van der Waals surface area (Å²) in [6, 6.07) is 0.143. The molecule has 94 valence electrons. The number of nitrogens with one attached hydrogen (secondary N) is 1. The summed E-state index contributed by atoms with van der Waals surface area (Å²) in [4.78, 5) is 13.7. The Hall–Kier alpha value is -0.730. The predicted molar refractivity (Wildman–Crippen MR) is 67.5 cm³/mol. The van der Waals surface area contributed by atoms with E-state index in [0.29, 0.717) is 0 Å². The van der Waals surface area contributed by atoms with Crippen LogP contribution in [0.15, 0.2) is 0 Å². The highest BCUT2D eigenvalue weighted by Gasteiger charge is 2.15. The molecule has 0 aromatic carbocycles. The molecule has 1 saturated heterocycles. The molecule has 3 nitrogen and oxygen atoms in total. The Kier molecular flexibility index (Phi) is 6.27. The molecule has 1 heterocycles. The number of hydrogen-bond donors (Lipinski definition) is 1. The van der Waals surface area contributed by atoms with Crippen LogP contribution in [0.5, 0.6) is 0 Å². The highest BCUT2D eigenvalue weighted by Crippen LogP contribution is 2.09. The van der Waals surface area contributed by atoms with Crippen molar-refractivity contribution in [2.75, 3.05) is 19.6 Å². The Morgan fingerprint density at radius 2 is 1.88 bits per heavy atom. The van der Waals surface area contributed by atoms with E-state index in [2.05, 4.69) is 19.2 Å². The standard InChI is InChI=1S/C13H26N2O/c1-12(2)8-4-5-9-14-13(16)15-10-6-3-7-11-15/h12H,3-11H2,1-2H3,(H,14,16). The number of likely N-dealkylation sites (tertiary alicyclic amines) is 1. The molecule has 1 N–H and O–H groups in total. The first-order valence-electron chi connectivity index (χ1n) is 6.73. The molecule has 0 unspecified atom stereocenters. The van der Waals surface area contributed by atoms with E-state index in [4.69, 9.17) is 0 Å². The molecule has 0 aliphatic carbocycles. The predicted octanol–water partition coefficient (Wildman–Crippen LogP) is 3.01. The summed E-state index contributed by atoms with van der Waals surface area (Å²) in [6.07, 6.45) is 7.20. The van der Waals surface area contributed by atoms with Crippen LogP contribution < -0.4 is 5.32 Å². The fraction of sp³-hybridized carbons (Fsp3) is 0.923. The fourth-order valence-electron chi connectivity index (χ4n) is 2.08. The van der Waals surface area contributed by atoms with Gasteiger partial charge in [-0.1, -0.05) is 26.7 Å². The first-order chi connectivity index (χ1) is 7.70. The van der Waals surface area contributed by atoms with Gasteiger partial charge in [-0.3, -0.25) is 0 Å². The van der Waals surface area contributed by atoms with Gasteiger partial charge in [-0.15, -0.1) is 0 Å². The largest absolute Gasteiger partial charge is 0.338 e. The zero-order chi connectivity index (χ0) is 11.8. The van der Waals surface area contributed by atoms with Gasteiger partial charge in [0.15, 0.2) is 0 Å². The number of urea groups is 1. The van der Waals surface area contributed by atoms with Gasteiger partial charge in [-0.2, -0.15) is 0 Å². The summed E-state index contributed by atoms with van der Waals surface area (Å²) in [5.74, 6) is 0.776. The van der Waals surface area contributed by atoms with Crippen LogP contribution in [0.2, 0.25) is 0 Å². The highest BCUT2D eigenvalue weighted by molar-refractivity contribution is 5.74. The molecule has 0 saturated carbocycles. The molecular weight excluding hydrogens is 200 g/mol. The van der Waals surface area contributed by atoms with E-state index < -0.39 is 0 Å². The lowest BCUT2D eigenvalue weighted by atomic mass is 10.1. The van der Waals surface area contributed by atoms with Gasteiger partial charge in [-0.25, -0.2) is 4.79 Å². The lowest BCUT2D eigenvalue weighted by Gasteiger charge is -2.26. The summed E-state index contributed by atoms with van der Waals surface area (Å²) in [5.41, 5.74) is 0. The van der Waals surface area contributed by atoms with Crippen molar-refractivity contribution in [1.82, 2.24) is 10.2 Å². The Morgan fingerprint density at radius 3 is 2.50 bits per heavy atom. The monoisotopic (exact) mass is 226 g/mol. The van der Waals surface area contributed by atoms with Crippen LogP contribution in [0.4, 0.5) is 4.79 Å². The lowest BCUT2D eigenvalue weighted by molar-refractivity contribution is 0.186. The third-order valence-electron chi connectivity index (χ3n) is 3.13. The number of piperidine rings is 1. The second-order valence-corrected chi connectivity index (χ2v) is 5.17. The Labute approximate surface area is 99.6 Å². The molecule has 0 bridgehead atoms. The molecular formula is C13H26N2O. The molecule has 0 atom stereocenters. The highest BCUT2D eigenvalue weighted by atomic mass is 16.2. The molecule has 0 aromatic heterocycles. The zero-order valence-electron chi connectivity index (χ0n) is 10.8. The molecule has 1 rings (SSSR count). The summed E-state index contributed by atoms with van der Waals surface area (Å²) >= 11 is 0. The second-order valence-electron chi connectivity index (χ2n) is 5.17. The van der Waals surface area contributed by atoms with E-state index >= 15 is 0 Å². The van der Waals surface area contributed by atoms with E-state index in [1.807, 2.05) is 4.90 Å². The van der Waals surface area contributed by atoms with Crippen molar-refractivity contribution >= 4 is 6.03 Å². The third kappa shape index (κ3) is 5.38. The smallest absolute Gasteiger partial charge is 0.317 e. The third-order valence-corrected chi connectivity index (χ3v) is 3.13. The molecule has 16 heavy (non-hydrogen) atoms. The molecule has 1 fully saturated rings. The van der Waals surface area contributed by atoms with Crippen LogP contribution in [-0.4, -0.2) is 30.6 Å². The van der Waals surface area contributed by atoms with Gasteiger partial charge in [0.1, 0.15) is 0 Å². The van der Waals surface area contributed by atoms with Crippen molar-refractivity contribution in [2.45, 2.75) is 52.4 Å². The number of unbranched alkanes of at least 4 members (excludes halogenated alkanes) is 1. The van der Waals surface area contributed by atoms with Gasteiger partial charge in [-0.05, 0) is 31.6 Å². The number of amides is 2. The van der Waals surface area contributed by atoms with Gasteiger partial charge in [0.25, 0.3) is 0 Å². The van der Waals surface area contributed by atoms with E-state index in [-0.39, 0.29) is 6.03 Å². The molecule has 0 spiro atoms. The summed E-state index contributed by atoms with van der Waals surface area (Å²) in [7, 11) is 0. The van der Waals surface area contributed by atoms with Crippen molar-refractivity contribution in [1.29, 1.82) is 0 Å². The van der Waals surface area contributed by atoms with E-state index in [1.165, 1.54) is 32.1 Å². The molecule has 2 amide bonds. The van der Waals surface area contributed by atoms with Crippen molar-refractivity contribution in [3.63, 3.8) is 0 Å². The summed E-state index contributed by atoms with van der Waals surface area (Å²) in [5, 5.41) is 3.01. The average molecular weight is 226 g/mol. The number of nitrogens with zero attached hydrogens (tertiary/aromatic N) is 1. The quantitative estimate of drug-likeness (QED) is 0.718. The number of carbonyl (C=O) groups is 1. The fourth-order valence-corrected chi connectivity index (χ4v) is 2.08. The summed E-state index contributed by atoms with van der Waals surface area (Å²) in [6.45, 7) is 7.20. The molecule has 3 heteroatoms. The molecule has 1 aliphatic rings. The number of hydrogen-bond acceptors (Lipinski definition) is 1. The van der Waals surface area contributed by atoms with Gasteiger partial charge in [0.2, 0.25) is 0 Å². The minimum absolute atomic E-state index is 0.143. The van der Waals surface area contributed by atoms with Crippen LogP contribution in [-0.2, 0) is 0 Å².